The third kappa shape index (κ3) is 4.14. The monoisotopic (exact) mass is 387 g/mol. The molecule has 0 radical (unpaired) electrons. The molecule has 2 fully saturated rings. The number of carbonyl (C=O) groups excluding carboxylic acids is 2. The van der Waals surface area contributed by atoms with Crippen molar-refractivity contribution in [3.63, 3.8) is 0 Å². The van der Waals surface area contributed by atoms with Gasteiger partial charge in [0.15, 0.2) is 6.54 Å². The maximum Gasteiger partial charge on any atom is 0.277 e. The molecule has 7 heteroatoms. The summed E-state index contributed by atoms with van der Waals surface area (Å²) in [6, 6.07) is 8.22. The Morgan fingerprint density at radius 1 is 1.26 bits per heavy atom. The van der Waals surface area contributed by atoms with Gasteiger partial charge in [-0.2, -0.15) is 0 Å². The topological polar surface area (TPSA) is 80.7 Å². The molecule has 1 aromatic heterocycles. The fourth-order valence-corrected chi connectivity index (χ4v) is 5.44. The van der Waals surface area contributed by atoms with Gasteiger partial charge in [0.05, 0.1) is 34.2 Å². The number of nitrogens with zero attached hydrogens (tertiary/aromatic N) is 2. The number of benzene rings is 1. The Morgan fingerprint density at radius 2 is 2.11 bits per heavy atom. The largest absolute Gasteiger partial charge is 0.369 e. The molecule has 0 saturated carbocycles. The Hall–Kier alpha value is -1.99. The molecule has 1 unspecified atom stereocenters. The van der Waals surface area contributed by atoms with E-state index in [2.05, 4.69) is 12.1 Å². The molecule has 0 aliphatic carbocycles. The first-order valence-corrected chi connectivity index (χ1v) is 10.7. The average molecular weight is 388 g/mol. The standard InChI is InChI=1S/C20H26N4O2S/c21-19(26)14-5-3-9-23(11-14)13-18(25)24-10-4-6-15(12-24)20-22-16-7-1-2-8-17(16)27-20/h1-2,7-8,14-15H,3-6,9-13H2,(H2,21,26)/p+1/t14-,15-/m0/s1. The van der Waals surface area contributed by atoms with E-state index in [1.54, 1.807) is 11.3 Å². The van der Waals surface area contributed by atoms with Crippen LogP contribution >= 0.6 is 11.3 Å². The van der Waals surface area contributed by atoms with E-state index in [0.717, 1.165) is 55.8 Å². The van der Waals surface area contributed by atoms with E-state index in [0.29, 0.717) is 19.0 Å². The number of amides is 2. The van der Waals surface area contributed by atoms with E-state index in [-0.39, 0.29) is 17.7 Å². The van der Waals surface area contributed by atoms with Crippen LogP contribution < -0.4 is 10.6 Å². The predicted octanol–water partition coefficient (Wildman–Crippen LogP) is 0.783. The molecule has 0 bridgehead atoms. The van der Waals surface area contributed by atoms with Crippen LogP contribution in [-0.4, -0.2) is 54.4 Å². The molecular weight excluding hydrogens is 360 g/mol. The molecule has 4 rings (SSSR count). The minimum absolute atomic E-state index is 0.0848. The summed E-state index contributed by atoms with van der Waals surface area (Å²) in [5.41, 5.74) is 6.52. The first kappa shape index (κ1) is 18.4. The summed E-state index contributed by atoms with van der Waals surface area (Å²) in [7, 11) is 0. The van der Waals surface area contributed by atoms with Crippen LogP contribution in [0.25, 0.3) is 10.2 Å². The summed E-state index contributed by atoms with van der Waals surface area (Å²) < 4.78 is 1.21. The van der Waals surface area contributed by atoms with Crippen LogP contribution in [0.5, 0.6) is 0 Å². The lowest BCUT2D eigenvalue weighted by Gasteiger charge is -2.34. The van der Waals surface area contributed by atoms with Gasteiger partial charge in [0.2, 0.25) is 5.91 Å². The van der Waals surface area contributed by atoms with Crippen molar-refractivity contribution in [3.05, 3.63) is 29.3 Å². The lowest BCUT2D eigenvalue weighted by atomic mass is 9.97. The van der Waals surface area contributed by atoms with Gasteiger partial charge in [-0.05, 0) is 37.8 Å². The van der Waals surface area contributed by atoms with E-state index in [1.165, 1.54) is 9.60 Å². The molecule has 2 saturated heterocycles. The van der Waals surface area contributed by atoms with Crippen LogP contribution in [0.15, 0.2) is 24.3 Å². The molecule has 2 amide bonds. The number of thiazole rings is 1. The van der Waals surface area contributed by atoms with Gasteiger partial charge in [-0.15, -0.1) is 11.3 Å². The summed E-state index contributed by atoms with van der Waals surface area (Å²) in [6.45, 7) is 3.69. The number of hydrogen-bond donors (Lipinski definition) is 2. The Morgan fingerprint density at radius 3 is 2.93 bits per heavy atom. The number of carbonyl (C=O) groups is 2. The fourth-order valence-electron chi connectivity index (χ4n) is 4.35. The molecule has 6 nitrogen and oxygen atoms in total. The third-order valence-electron chi connectivity index (χ3n) is 5.86. The van der Waals surface area contributed by atoms with Gasteiger partial charge in [-0.3, -0.25) is 9.59 Å². The molecule has 2 aliphatic heterocycles. The summed E-state index contributed by atoms with van der Waals surface area (Å²) in [6.07, 6.45) is 3.93. The van der Waals surface area contributed by atoms with Crippen molar-refractivity contribution < 1.29 is 14.5 Å². The number of primary amides is 1. The maximum atomic E-state index is 12.9. The smallest absolute Gasteiger partial charge is 0.277 e. The third-order valence-corrected chi connectivity index (χ3v) is 7.05. The molecular formula is C20H27N4O2S+. The van der Waals surface area contributed by atoms with Gasteiger partial charge in [0.1, 0.15) is 0 Å². The van der Waals surface area contributed by atoms with Crippen molar-refractivity contribution in [2.45, 2.75) is 31.6 Å². The van der Waals surface area contributed by atoms with E-state index < -0.39 is 0 Å². The van der Waals surface area contributed by atoms with Gasteiger partial charge in [-0.1, -0.05) is 12.1 Å². The number of fused-ring (bicyclic) bond motifs is 1. The van der Waals surface area contributed by atoms with Crippen molar-refractivity contribution in [2.75, 3.05) is 32.7 Å². The zero-order valence-electron chi connectivity index (χ0n) is 15.5. The Balaban J connectivity index is 1.38. The zero-order chi connectivity index (χ0) is 18.8. The number of likely N-dealkylation sites (tertiary alicyclic amines) is 2. The SMILES string of the molecule is NC(=O)[C@H]1CCC[NH+](CC(=O)N2CCC[C@H](c3nc4ccccc4s3)C2)C1. The van der Waals surface area contributed by atoms with Crippen LogP contribution in [0.4, 0.5) is 0 Å². The van der Waals surface area contributed by atoms with Crippen molar-refractivity contribution in [3.8, 4) is 0 Å². The second-order valence-corrected chi connectivity index (χ2v) is 8.88. The molecule has 3 atom stereocenters. The number of nitrogens with one attached hydrogen (secondary N) is 1. The highest BCUT2D eigenvalue weighted by molar-refractivity contribution is 7.18. The number of aromatic nitrogens is 1. The minimum Gasteiger partial charge on any atom is -0.369 e. The van der Waals surface area contributed by atoms with Crippen LogP contribution in [0, 0.1) is 5.92 Å². The molecule has 27 heavy (non-hydrogen) atoms. The number of hydrogen-bond acceptors (Lipinski definition) is 4. The number of rotatable bonds is 4. The lowest BCUT2D eigenvalue weighted by molar-refractivity contribution is -0.899. The van der Waals surface area contributed by atoms with Crippen LogP contribution in [0.3, 0.4) is 0 Å². The summed E-state index contributed by atoms with van der Waals surface area (Å²) in [5.74, 6) is 0.211. The molecule has 3 heterocycles. The zero-order valence-corrected chi connectivity index (χ0v) is 16.3. The first-order chi connectivity index (χ1) is 13.1. The number of para-hydroxylation sites is 1. The molecule has 2 aromatic rings. The second-order valence-electron chi connectivity index (χ2n) is 7.82. The minimum atomic E-state index is -0.228. The maximum absolute atomic E-state index is 12.9. The van der Waals surface area contributed by atoms with E-state index in [9.17, 15) is 9.59 Å². The molecule has 0 spiro atoms. The Kier molecular flexibility index (Phi) is 5.41. The van der Waals surface area contributed by atoms with Crippen molar-refractivity contribution >= 4 is 33.4 Å². The van der Waals surface area contributed by atoms with Gasteiger partial charge in [0, 0.05) is 19.0 Å². The highest BCUT2D eigenvalue weighted by Gasteiger charge is 2.32. The van der Waals surface area contributed by atoms with Gasteiger partial charge in [0.25, 0.3) is 5.91 Å². The van der Waals surface area contributed by atoms with Crippen molar-refractivity contribution in [2.24, 2.45) is 11.7 Å². The number of piperidine rings is 2. The molecule has 3 N–H and O–H groups in total. The van der Waals surface area contributed by atoms with Gasteiger partial charge < -0.3 is 15.5 Å². The second kappa shape index (κ2) is 7.94. The molecule has 144 valence electrons. The summed E-state index contributed by atoms with van der Waals surface area (Å²) in [5, 5.41) is 1.15. The summed E-state index contributed by atoms with van der Waals surface area (Å²) >= 11 is 1.75. The number of nitrogens with two attached hydrogens (primary N) is 1. The molecule has 1 aromatic carbocycles. The molecule has 2 aliphatic rings. The van der Waals surface area contributed by atoms with E-state index in [1.807, 2.05) is 17.0 Å². The van der Waals surface area contributed by atoms with Crippen LogP contribution in [-0.2, 0) is 9.59 Å². The lowest BCUT2D eigenvalue weighted by Crippen LogP contribution is -3.15. The average Bonchev–Trinajstić information content (AvgIpc) is 3.12. The van der Waals surface area contributed by atoms with Gasteiger partial charge in [-0.25, -0.2) is 4.98 Å². The van der Waals surface area contributed by atoms with Crippen LogP contribution in [0.1, 0.15) is 36.6 Å². The summed E-state index contributed by atoms with van der Waals surface area (Å²) in [4.78, 5) is 32.3. The highest BCUT2D eigenvalue weighted by atomic mass is 32.1. The quantitative estimate of drug-likeness (QED) is 0.814. The highest BCUT2D eigenvalue weighted by Crippen LogP contribution is 2.32. The fraction of sp³-hybridized carbons (Fsp3) is 0.550. The van der Waals surface area contributed by atoms with Gasteiger partial charge >= 0.3 is 0 Å². The first-order valence-electron chi connectivity index (χ1n) is 9.86. The van der Waals surface area contributed by atoms with E-state index in [4.69, 9.17) is 10.7 Å². The Labute approximate surface area is 163 Å². The van der Waals surface area contributed by atoms with Crippen LogP contribution in [0.2, 0.25) is 0 Å². The van der Waals surface area contributed by atoms with Crippen molar-refractivity contribution in [1.82, 2.24) is 9.88 Å². The Bertz CT molecular complexity index is 803. The van der Waals surface area contributed by atoms with E-state index >= 15 is 0 Å². The number of quaternary nitrogens is 1. The van der Waals surface area contributed by atoms with Crippen molar-refractivity contribution in [1.29, 1.82) is 0 Å². The predicted molar refractivity (Wildman–Crippen MR) is 106 cm³/mol. The normalized spacial score (nSPS) is 26.2.